The molecule has 1 heterocycles. The summed E-state index contributed by atoms with van der Waals surface area (Å²) < 4.78 is 5.03. The van der Waals surface area contributed by atoms with Gasteiger partial charge in [0, 0.05) is 6.42 Å². The zero-order valence-corrected chi connectivity index (χ0v) is 5.77. The Bertz CT molecular complexity index is 189. The Kier molecular flexibility index (Phi) is 1.79. The fourth-order valence-electron chi connectivity index (χ4n) is 0.710. The lowest BCUT2D eigenvalue weighted by Gasteiger charge is -2.02. The van der Waals surface area contributed by atoms with Crippen molar-refractivity contribution in [2.45, 2.75) is 20.3 Å². The molecule has 1 heteroatoms. The molecule has 1 aliphatic rings. The highest BCUT2D eigenvalue weighted by atomic mass is 16.5. The first-order chi connectivity index (χ1) is 4.29. The van der Waals surface area contributed by atoms with Crippen molar-refractivity contribution in [2.24, 2.45) is 5.92 Å². The number of hydrogen-bond acceptors (Lipinski definition) is 1. The van der Waals surface area contributed by atoms with Gasteiger partial charge in [0.05, 0.1) is 0 Å². The monoisotopic (exact) mass is 122 g/mol. The predicted octanol–water partition coefficient (Wildman–Crippen LogP) is 2.21. The quantitative estimate of drug-likeness (QED) is 0.510. The van der Waals surface area contributed by atoms with Gasteiger partial charge in [-0.25, -0.2) is 0 Å². The Morgan fingerprint density at radius 3 is 2.89 bits per heavy atom. The molecule has 0 amide bonds. The van der Waals surface area contributed by atoms with Gasteiger partial charge in [0.1, 0.15) is 6.26 Å². The van der Waals surface area contributed by atoms with Gasteiger partial charge in [-0.05, 0) is 17.4 Å². The van der Waals surface area contributed by atoms with Crippen LogP contribution in [0.15, 0.2) is 23.5 Å². The molecule has 0 saturated carbocycles. The fraction of sp³-hybridized carbons (Fsp3) is 0.500. The van der Waals surface area contributed by atoms with Crippen molar-refractivity contribution < 1.29 is 4.74 Å². The average molecular weight is 122 g/mol. The van der Waals surface area contributed by atoms with Crippen molar-refractivity contribution in [3.63, 3.8) is 0 Å². The molecule has 1 aliphatic heterocycles. The Labute approximate surface area is 55.3 Å². The molecule has 0 saturated heterocycles. The third-order valence-corrected chi connectivity index (χ3v) is 1.07. The van der Waals surface area contributed by atoms with Gasteiger partial charge in [0.2, 0.25) is 0 Å². The van der Waals surface area contributed by atoms with Gasteiger partial charge in [-0.15, -0.1) is 0 Å². The van der Waals surface area contributed by atoms with E-state index in [9.17, 15) is 0 Å². The third-order valence-electron chi connectivity index (χ3n) is 1.07. The lowest BCUT2D eigenvalue weighted by atomic mass is 10.1. The Morgan fingerprint density at radius 1 is 1.67 bits per heavy atom. The van der Waals surface area contributed by atoms with Crippen LogP contribution in [0.5, 0.6) is 0 Å². The zero-order chi connectivity index (χ0) is 6.69. The maximum atomic E-state index is 5.03. The number of rotatable bonds is 2. The molecule has 0 fully saturated rings. The maximum Gasteiger partial charge on any atom is 0.155 e. The van der Waals surface area contributed by atoms with Crippen LogP contribution in [0, 0.1) is 5.92 Å². The Hall–Kier alpha value is -0.900. The van der Waals surface area contributed by atoms with Crippen LogP contribution < -0.4 is 0 Å². The fourth-order valence-corrected chi connectivity index (χ4v) is 0.710. The lowest BCUT2D eigenvalue weighted by Crippen LogP contribution is -1.89. The topological polar surface area (TPSA) is 9.23 Å². The van der Waals surface area contributed by atoms with E-state index in [0.717, 1.165) is 12.2 Å². The molecule has 0 bridgehead atoms. The molecule has 0 aromatic heterocycles. The van der Waals surface area contributed by atoms with Crippen molar-refractivity contribution in [2.75, 3.05) is 0 Å². The van der Waals surface area contributed by atoms with Crippen LogP contribution >= 0.6 is 0 Å². The molecule has 0 aromatic rings. The standard InChI is InChI=1S/C8H10O/c1-7(2)6-8-4-3-5-9-8/h5,7H,6H2,1-2H3. The van der Waals surface area contributed by atoms with Crippen molar-refractivity contribution in [3.05, 3.63) is 23.5 Å². The second-order valence-corrected chi connectivity index (χ2v) is 2.53. The van der Waals surface area contributed by atoms with Gasteiger partial charge in [0.15, 0.2) is 5.76 Å². The smallest absolute Gasteiger partial charge is 0.155 e. The molecule has 9 heavy (non-hydrogen) atoms. The first kappa shape index (κ1) is 6.22. The first-order valence-corrected chi connectivity index (χ1v) is 3.15. The van der Waals surface area contributed by atoms with E-state index >= 15 is 0 Å². The van der Waals surface area contributed by atoms with E-state index in [2.05, 4.69) is 25.3 Å². The van der Waals surface area contributed by atoms with Gasteiger partial charge in [-0.2, -0.15) is 0 Å². The summed E-state index contributed by atoms with van der Waals surface area (Å²) in [6.45, 7) is 4.30. The summed E-state index contributed by atoms with van der Waals surface area (Å²) in [6, 6.07) is 0. The Balaban J connectivity index is 2.48. The zero-order valence-electron chi connectivity index (χ0n) is 5.77. The van der Waals surface area contributed by atoms with E-state index in [1.807, 2.05) is 0 Å². The van der Waals surface area contributed by atoms with Crippen molar-refractivity contribution >= 4 is 0 Å². The lowest BCUT2D eigenvalue weighted by molar-refractivity contribution is 0.326. The van der Waals surface area contributed by atoms with E-state index in [0.29, 0.717) is 5.92 Å². The summed E-state index contributed by atoms with van der Waals surface area (Å²) in [4.78, 5) is 0. The van der Waals surface area contributed by atoms with Crippen molar-refractivity contribution in [3.8, 4) is 0 Å². The van der Waals surface area contributed by atoms with E-state index in [4.69, 9.17) is 4.74 Å². The van der Waals surface area contributed by atoms with Gasteiger partial charge >= 0.3 is 0 Å². The van der Waals surface area contributed by atoms with Gasteiger partial charge in [0.25, 0.3) is 0 Å². The minimum Gasteiger partial charge on any atom is -0.452 e. The van der Waals surface area contributed by atoms with E-state index in [1.165, 1.54) is 6.26 Å². The molecule has 0 N–H and O–H groups in total. The summed E-state index contributed by atoms with van der Waals surface area (Å²) in [5.74, 6) is 1.55. The second kappa shape index (κ2) is 2.59. The van der Waals surface area contributed by atoms with Crippen LogP contribution in [0.1, 0.15) is 20.3 Å². The number of ether oxygens (including phenoxy) is 1. The van der Waals surface area contributed by atoms with Crippen LogP contribution in [0.25, 0.3) is 0 Å². The normalized spacial score (nSPS) is 14.3. The van der Waals surface area contributed by atoms with Crippen LogP contribution in [-0.2, 0) is 4.74 Å². The summed E-state index contributed by atoms with van der Waals surface area (Å²) in [6.07, 6.45) is 2.50. The molecule has 0 unspecified atom stereocenters. The van der Waals surface area contributed by atoms with Crippen LogP contribution in [0.4, 0.5) is 0 Å². The van der Waals surface area contributed by atoms with Crippen LogP contribution in [-0.4, -0.2) is 0 Å². The molecular weight excluding hydrogens is 112 g/mol. The summed E-state index contributed by atoms with van der Waals surface area (Å²) >= 11 is 0. The van der Waals surface area contributed by atoms with Crippen molar-refractivity contribution in [1.82, 2.24) is 0 Å². The largest absolute Gasteiger partial charge is 0.452 e. The second-order valence-electron chi connectivity index (χ2n) is 2.53. The third kappa shape index (κ3) is 1.81. The first-order valence-electron chi connectivity index (χ1n) is 3.15. The van der Waals surface area contributed by atoms with Gasteiger partial charge in [-0.3, -0.25) is 0 Å². The highest BCUT2D eigenvalue weighted by Crippen LogP contribution is 2.12. The highest BCUT2D eigenvalue weighted by molar-refractivity contribution is 5.00. The summed E-state index contributed by atoms with van der Waals surface area (Å²) in [7, 11) is 0. The highest BCUT2D eigenvalue weighted by Gasteiger charge is 2.01. The minimum atomic E-state index is 0.640. The Morgan fingerprint density at radius 2 is 2.44 bits per heavy atom. The SMILES string of the molecule is CC(C)CC1=C=C=CO1. The van der Waals surface area contributed by atoms with Crippen LogP contribution in [0.2, 0.25) is 0 Å². The number of hydrogen-bond donors (Lipinski definition) is 0. The predicted molar refractivity (Wildman–Crippen MR) is 35.6 cm³/mol. The molecule has 0 aliphatic carbocycles. The maximum absolute atomic E-state index is 5.03. The number of allylic oxidation sites excluding steroid dienone is 1. The molecule has 0 aromatic carbocycles. The van der Waals surface area contributed by atoms with Gasteiger partial charge in [-0.1, -0.05) is 13.8 Å². The molecule has 0 radical (unpaired) electrons. The average Bonchev–Trinajstić information content (AvgIpc) is 2.15. The molecule has 48 valence electrons. The van der Waals surface area contributed by atoms with E-state index in [-0.39, 0.29) is 0 Å². The summed E-state index contributed by atoms with van der Waals surface area (Å²) in [5, 5.41) is 0. The molecule has 0 spiro atoms. The molecular formula is C8H10O. The molecule has 1 nitrogen and oxygen atoms in total. The molecule has 0 atom stereocenters. The van der Waals surface area contributed by atoms with E-state index in [1.54, 1.807) is 0 Å². The summed E-state index contributed by atoms with van der Waals surface area (Å²) in [5.41, 5.74) is 5.62. The minimum absolute atomic E-state index is 0.640. The van der Waals surface area contributed by atoms with Crippen molar-refractivity contribution in [1.29, 1.82) is 0 Å². The van der Waals surface area contributed by atoms with Gasteiger partial charge < -0.3 is 4.74 Å². The van der Waals surface area contributed by atoms with E-state index < -0.39 is 0 Å². The van der Waals surface area contributed by atoms with Crippen LogP contribution in [0.3, 0.4) is 0 Å². The molecule has 1 rings (SSSR count).